The van der Waals surface area contributed by atoms with Crippen LogP contribution in [-0.4, -0.2) is 14.2 Å². The SMILES string of the molecule is COc1ccc2c(c1OC)CCC(C#N)C2. The van der Waals surface area contributed by atoms with Crippen LogP contribution in [0.4, 0.5) is 0 Å². The molecule has 0 heterocycles. The molecule has 0 amide bonds. The Morgan fingerprint density at radius 2 is 2.12 bits per heavy atom. The topological polar surface area (TPSA) is 42.2 Å². The molecule has 2 rings (SSSR count). The normalized spacial score (nSPS) is 18.4. The summed E-state index contributed by atoms with van der Waals surface area (Å²) in [7, 11) is 3.31. The Hall–Kier alpha value is -1.69. The van der Waals surface area contributed by atoms with Crippen LogP contribution in [-0.2, 0) is 12.8 Å². The summed E-state index contributed by atoms with van der Waals surface area (Å²) in [6, 6.07) is 6.29. The summed E-state index contributed by atoms with van der Waals surface area (Å²) in [6.45, 7) is 0. The van der Waals surface area contributed by atoms with Crippen molar-refractivity contribution in [2.24, 2.45) is 5.92 Å². The number of nitrogens with zero attached hydrogens (tertiary/aromatic N) is 1. The van der Waals surface area contributed by atoms with Crippen molar-refractivity contribution in [3.63, 3.8) is 0 Å². The summed E-state index contributed by atoms with van der Waals surface area (Å²) in [5.74, 6) is 1.75. The van der Waals surface area contributed by atoms with Crippen LogP contribution in [0.2, 0.25) is 0 Å². The van der Waals surface area contributed by atoms with Crippen LogP contribution in [0.3, 0.4) is 0 Å². The second kappa shape index (κ2) is 4.44. The van der Waals surface area contributed by atoms with Crippen LogP contribution in [0, 0.1) is 17.2 Å². The monoisotopic (exact) mass is 217 g/mol. The molecule has 0 saturated heterocycles. The molecule has 0 bridgehead atoms. The molecule has 0 radical (unpaired) electrons. The van der Waals surface area contributed by atoms with E-state index >= 15 is 0 Å². The maximum absolute atomic E-state index is 8.94. The molecule has 0 N–H and O–H groups in total. The zero-order chi connectivity index (χ0) is 11.5. The maximum atomic E-state index is 8.94. The first-order chi connectivity index (χ1) is 7.80. The molecule has 0 fully saturated rings. The summed E-state index contributed by atoms with van der Waals surface area (Å²) in [6.07, 6.45) is 2.63. The Labute approximate surface area is 95.6 Å². The fourth-order valence-corrected chi connectivity index (χ4v) is 2.29. The van der Waals surface area contributed by atoms with Crippen LogP contribution in [0.15, 0.2) is 12.1 Å². The third kappa shape index (κ3) is 1.71. The van der Waals surface area contributed by atoms with Crippen molar-refractivity contribution >= 4 is 0 Å². The third-order valence-electron chi connectivity index (χ3n) is 3.14. The van der Waals surface area contributed by atoms with Gasteiger partial charge in [0.1, 0.15) is 0 Å². The minimum Gasteiger partial charge on any atom is -0.493 e. The molecule has 1 aliphatic rings. The van der Waals surface area contributed by atoms with E-state index in [2.05, 4.69) is 6.07 Å². The Morgan fingerprint density at radius 1 is 1.31 bits per heavy atom. The Bertz CT molecular complexity index is 434. The standard InChI is InChI=1S/C13H15NO2/c1-15-12-6-4-10-7-9(8-14)3-5-11(10)13(12)16-2/h4,6,9H,3,5,7H2,1-2H3. The summed E-state index contributed by atoms with van der Waals surface area (Å²) in [5, 5.41) is 8.94. The van der Waals surface area contributed by atoms with E-state index in [-0.39, 0.29) is 5.92 Å². The molecule has 0 aromatic heterocycles. The molecule has 1 atom stereocenters. The first-order valence-electron chi connectivity index (χ1n) is 5.42. The van der Waals surface area contributed by atoms with Crippen molar-refractivity contribution in [3.05, 3.63) is 23.3 Å². The highest BCUT2D eigenvalue weighted by Crippen LogP contribution is 2.38. The molecule has 1 unspecified atom stereocenters. The number of hydrogen-bond donors (Lipinski definition) is 0. The largest absolute Gasteiger partial charge is 0.493 e. The molecule has 0 saturated carbocycles. The van der Waals surface area contributed by atoms with Crippen molar-refractivity contribution in [1.82, 2.24) is 0 Å². The zero-order valence-electron chi connectivity index (χ0n) is 9.62. The Balaban J connectivity index is 2.43. The van der Waals surface area contributed by atoms with Crippen molar-refractivity contribution in [3.8, 4) is 17.6 Å². The van der Waals surface area contributed by atoms with E-state index in [1.54, 1.807) is 14.2 Å². The van der Waals surface area contributed by atoms with Crippen LogP contribution in [0.1, 0.15) is 17.5 Å². The van der Waals surface area contributed by atoms with E-state index in [0.717, 1.165) is 30.8 Å². The predicted molar refractivity (Wildman–Crippen MR) is 60.7 cm³/mol. The van der Waals surface area contributed by atoms with Crippen LogP contribution in [0.25, 0.3) is 0 Å². The summed E-state index contributed by atoms with van der Waals surface area (Å²) in [5.41, 5.74) is 2.42. The van der Waals surface area contributed by atoms with Gasteiger partial charge in [0.2, 0.25) is 0 Å². The van der Waals surface area contributed by atoms with Crippen LogP contribution < -0.4 is 9.47 Å². The average Bonchev–Trinajstić information content (AvgIpc) is 2.36. The van der Waals surface area contributed by atoms with Crippen LogP contribution in [0.5, 0.6) is 11.5 Å². The van der Waals surface area contributed by atoms with E-state index in [1.165, 1.54) is 11.1 Å². The maximum Gasteiger partial charge on any atom is 0.164 e. The van der Waals surface area contributed by atoms with Gasteiger partial charge in [-0.3, -0.25) is 0 Å². The molecular formula is C13H15NO2. The zero-order valence-corrected chi connectivity index (χ0v) is 9.62. The number of hydrogen-bond acceptors (Lipinski definition) is 3. The summed E-state index contributed by atoms with van der Waals surface area (Å²) in [4.78, 5) is 0. The van der Waals surface area contributed by atoms with Gasteiger partial charge in [-0.2, -0.15) is 5.26 Å². The predicted octanol–water partition coefficient (Wildman–Crippen LogP) is 2.33. The van der Waals surface area contributed by atoms with Gasteiger partial charge >= 0.3 is 0 Å². The fraction of sp³-hybridized carbons (Fsp3) is 0.462. The van der Waals surface area contributed by atoms with Gasteiger partial charge < -0.3 is 9.47 Å². The smallest absolute Gasteiger partial charge is 0.164 e. The Kier molecular flexibility index (Phi) is 3.00. The lowest BCUT2D eigenvalue weighted by Gasteiger charge is -2.23. The molecule has 3 heteroatoms. The van der Waals surface area contributed by atoms with Crippen molar-refractivity contribution in [2.45, 2.75) is 19.3 Å². The lowest BCUT2D eigenvalue weighted by molar-refractivity contribution is 0.348. The van der Waals surface area contributed by atoms with E-state index in [0.29, 0.717) is 0 Å². The van der Waals surface area contributed by atoms with E-state index in [1.807, 2.05) is 12.1 Å². The number of methoxy groups -OCH3 is 2. The third-order valence-corrected chi connectivity index (χ3v) is 3.14. The molecule has 84 valence electrons. The minimum atomic E-state index is 0.144. The molecule has 16 heavy (non-hydrogen) atoms. The fourth-order valence-electron chi connectivity index (χ4n) is 2.29. The van der Waals surface area contributed by atoms with Crippen LogP contribution >= 0.6 is 0 Å². The molecule has 1 aromatic rings. The lowest BCUT2D eigenvalue weighted by Crippen LogP contribution is -2.14. The Morgan fingerprint density at radius 3 is 2.75 bits per heavy atom. The number of ether oxygens (including phenoxy) is 2. The first kappa shape index (κ1) is 10.8. The number of rotatable bonds is 2. The molecule has 3 nitrogen and oxygen atoms in total. The van der Waals surface area contributed by atoms with Gasteiger partial charge in [-0.15, -0.1) is 0 Å². The number of benzene rings is 1. The number of nitriles is 1. The van der Waals surface area contributed by atoms with E-state index in [4.69, 9.17) is 14.7 Å². The summed E-state index contributed by atoms with van der Waals surface area (Å²) < 4.78 is 10.7. The molecule has 1 aliphatic carbocycles. The number of fused-ring (bicyclic) bond motifs is 1. The molecule has 1 aromatic carbocycles. The van der Waals surface area contributed by atoms with Gasteiger partial charge in [0.05, 0.1) is 26.2 Å². The van der Waals surface area contributed by atoms with Crippen molar-refractivity contribution in [1.29, 1.82) is 5.26 Å². The van der Waals surface area contributed by atoms with Gasteiger partial charge in [-0.25, -0.2) is 0 Å². The quantitative estimate of drug-likeness (QED) is 0.763. The minimum absolute atomic E-state index is 0.144. The second-order valence-corrected chi connectivity index (χ2v) is 4.01. The lowest BCUT2D eigenvalue weighted by atomic mass is 9.84. The highest BCUT2D eigenvalue weighted by Gasteiger charge is 2.23. The summed E-state index contributed by atoms with van der Waals surface area (Å²) >= 11 is 0. The highest BCUT2D eigenvalue weighted by atomic mass is 16.5. The van der Waals surface area contributed by atoms with E-state index < -0.39 is 0 Å². The average molecular weight is 217 g/mol. The second-order valence-electron chi connectivity index (χ2n) is 4.01. The molecule has 0 spiro atoms. The van der Waals surface area contributed by atoms with Gasteiger partial charge in [-0.1, -0.05) is 6.07 Å². The molecular weight excluding hydrogens is 202 g/mol. The van der Waals surface area contributed by atoms with Crippen molar-refractivity contribution < 1.29 is 9.47 Å². The van der Waals surface area contributed by atoms with Crippen molar-refractivity contribution in [2.75, 3.05) is 14.2 Å². The van der Waals surface area contributed by atoms with Gasteiger partial charge in [-0.05, 0) is 30.9 Å². The molecule has 0 aliphatic heterocycles. The van der Waals surface area contributed by atoms with E-state index in [9.17, 15) is 0 Å². The van der Waals surface area contributed by atoms with Gasteiger partial charge in [0.25, 0.3) is 0 Å². The van der Waals surface area contributed by atoms with Gasteiger partial charge in [0.15, 0.2) is 11.5 Å². The van der Waals surface area contributed by atoms with Gasteiger partial charge in [0, 0.05) is 5.56 Å². The first-order valence-corrected chi connectivity index (χ1v) is 5.42. The highest BCUT2D eigenvalue weighted by molar-refractivity contribution is 5.52.